The van der Waals surface area contributed by atoms with E-state index in [-0.39, 0.29) is 31.2 Å². The third-order valence-electron chi connectivity index (χ3n) is 3.64. The highest BCUT2D eigenvalue weighted by atomic mass is 35.5. The number of aromatic nitrogens is 1. The molecule has 0 aliphatic carbocycles. The first-order chi connectivity index (χ1) is 9.87. The zero-order valence-electron chi connectivity index (χ0n) is 12.6. The molecule has 0 bridgehead atoms. The van der Waals surface area contributed by atoms with E-state index in [1.54, 1.807) is 0 Å². The Morgan fingerprint density at radius 1 is 1.41 bits per heavy atom. The number of nitrogens with two attached hydrogens (primary N) is 1. The Bertz CT molecular complexity index is 575. The fourth-order valence-corrected chi connectivity index (χ4v) is 2.01. The van der Waals surface area contributed by atoms with Gasteiger partial charge in [-0.15, -0.1) is 12.4 Å². The summed E-state index contributed by atoms with van der Waals surface area (Å²) in [6.07, 6.45) is 2.38. The minimum Gasteiger partial charge on any atom is -0.348 e. The molecule has 0 saturated carbocycles. The molecule has 0 fully saturated rings. The van der Waals surface area contributed by atoms with Crippen LogP contribution in [0.5, 0.6) is 0 Å². The topological polar surface area (TPSA) is 120 Å². The first kappa shape index (κ1) is 20.1. The molecule has 1 rings (SSSR count). The lowest BCUT2D eigenvalue weighted by molar-refractivity contribution is -0.385. The van der Waals surface area contributed by atoms with Gasteiger partial charge in [0.15, 0.2) is 0 Å². The van der Waals surface area contributed by atoms with Gasteiger partial charge in [0.05, 0.1) is 16.7 Å². The number of rotatable bonds is 7. The van der Waals surface area contributed by atoms with E-state index >= 15 is 0 Å². The molecular formula is C13H21ClN4O4. The number of nitrogens with zero attached hydrogens (tertiary/aromatic N) is 2. The van der Waals surface area contributed by atoms with Crippen LogP contribution in [0.4, 0.5) is 5.69 Å². The quantitative estimate of drug-likeness (QED) is 0.565. The summed E-state index contributed by atoms with van der Waals surface area (Å²) in [5.41, 5.74) is 4.47. The van der Waals surface area contributed by atoms with Crippen molar-refractivity contribution in [2.75, 3.05) is 6.54 Å². The van der Waals surface area contributed by atoms with Gasteiger partial charge in [-0.25, -0.2) is 0 Å². The Morgan fingerprint density at radius 3 is 2.45 bits per heavy atom. The number of amides is 1. The van der Waals surface area contributed by atoms with Gasteiger partial charge in [-0.2, -0.15) is 0 Å². The third-order valence-corrected chi connectivity index (χ3v) is 3.64. The molecule has 0 saturated heterocycles. The number of carbonyl (C=O) groups excluding carboxylic acids is 1. The van der Waals surface area contributed by atoms with Crippen molar-refractivity contribution in [1.29, 1.82) is 0 Å². The molecule has 0 spiro atoms. The zero-order chi connectivity index (χ0) is 16.0. The summed E-state index contributed by atoms with van der Waals surface area (Å²) in [7, 11) is 0. The lowest BCUT2D eigenvalue weighted by Crippen LogP contribution is -2.54. The number of nitro groups is 1. The molecule has 124 valence electrons. The number of carbonyl (C=O) groups is 1. The molecule has 0 aliphatic heterocycles. The molecular weight excluding hydrogens is 312 g/mol. The summed E-state index contributed by atoms with van der Waals surface area (Å²) in [5, 5.41) is 13.5. The summed E-state index contributed by atoms with van der Waals surface area (Å²) in [5.74, 6) is -0.397. The largest absolute Gasteiger partial charge is 0.348 e. The van der Waals surface area contributed by atoms with Crippen LogP contribution >= 0.6 is 12.4 Å². The van der Waals surface area contributed by atoms with Gasteiger partial charge in [0, 0.05) is 18.7 Å². The van der Waals surface area contributed by atoms with E-state index in [0.717, 1.165) is 22.9 Å². The maximum absolute atomic E-state index is 12.0. The van der Waals surface area contributed by atoms with Crippen LogP contribution in [0.1, 0.15) is 26.7 Å². The second-order valence-electron chi connectivity index (χ2n) is 4.85. The molecule has 0 radical (unpaired) electrons. The van der Waals surface area contributed by atoms with Gasteiger partial charge in [-0.05, 0) is 12.8 Å². The van der Waals surface area contributed by atoms with E-state index in [1.807, 2.05) is 13.8 Å². The minimum atomic E-state index is -0.615. The van der Waals surface area contributed by atoms with Gasteiger partial charge in [0.2, 0.25) is 5.91 Å². The summed E-state index contributed by atoms with van der Waals surface area (Å²) in [6.45, 7) is 3.84. The van der Waals surface area contributed by atoms with Gasteiger partial charge >= 0.3 is 0 Å². The molecule has 1 aromatic heterocycles. The van der Waals surface area contributed by atoms with E-state index in [1.165, 1.54) is 0 Å². The van der Waals surface area contributed by atoms with Gasteiger partial charge in [0.25, 0.3) is 11.2 Å². The van der Waals surface area contributed by atoms with Crippen molar-refractivity contribution in [2.45, 2.75) is 38.8 Å². The van der Waals surface area contributed by atoms with Crippen molar-refractivity contribution in [3.63, 3.8) is 0 Å². The lowest BCUT2D eigenvalue weighted by atomic mass is 9.93. The second kappa shape index (κ2) is 8.50. The van der Waals surface area contributed by atoms with Crippen LogP contribution in [0.15, 0.2) is 23.1 Å². The Morgan fingerprint density at radius 2 is 2.00 bits per heavy atom. The van der Waals surface area contributed by atoms with Crippen LogP contribution in [0.2, 0.25) is 0 Å². The highest BCUT2D eigenvalue weighted by Crippen LogP contribution is 2.13. The first-order valence-corrected chi connectivity index (χ1v) is 6.73. The summed E-state index contributed by atoms with van der Waals surface area (Å²) in [4.78, 5) is 33.8. The lowest BCUT2D eigenvalue weighted by Gasteiger charge is -2.31. The first-order valence-electron chi connectivity index (χ1n) is 6.73. The van der Waals surface area contributed by atoms with Gasteiger partial charge in [-0.3, -0.25) is 24.3 Å². The van der Waals surface area contributed by atoms with Crippen LogP contribution in [0.3, 0.4) is 0 Å². The highest BCUT2D eigenvalue weighted by Gasteiger charge is 2.26. The molecule has 0 aromatic carbocycles. The number of pyridine rings is 1. The van der Waals surface area contributed by atoms with Gasteiger partial charge < -0.3 is 11.1 Å². The third kappa shape index (κ3) is 4.81. The van der Waals surface area contributed by atoms with Crippen molar-refractivity contribution in [1.82, 2.24) is 9.88 Å². The molecule has 0 unspecified atom stereocenters. The molecule has 3 N–H and O–H groups in total. The Kier molecular flexibility index (Phi) is 7.75. The molecule has 0 aliphatic rings. The standard InChI is InChI=1S/C13H20N4O4.ClH/c1-3-13(4-2,9-14)15-11(18)8-16-7-10(17(20)21)5-6-12(16)19;/h5-7H,3-4,8-9,14H2,1-2H3,(H,15,18);1H. The van der Waals surface area contributed by atoms with Crippen molar-refractivity contribution in [3.05, 3.63) is 38.8 Å². The fourth-order valence-electron chi connectivity index (χ4n) is 2.01. The maximum atomic E-state index is 12.0. The number of hydrogen-bond acceptors (Lipinski definition) is 5. The monoisotopic (exact) mass is 332 g/mol. The molecule has 1 amide bonds. The van der Waals surface area contributed by atoms with Crippen LogP contribution in [0.25, 0.3) is 0 Å². The number of halogens is 1. The Labute approximate surface area is 134 Å². The van der Waals surface area contributed by atoms with Crippen molar-refractivity contribution < 1.29 is 9.72 Å². The van der Waals surface area contributed by atoms with Crippen LogP contribution in [0, 0.1) is 10.1 Å². The van der Waals surface area contributed by atoms with Crippen molar-refractivity contribution in [2.24, 2.45) is 5.73 Å². The maximum Gasteiger partial charge on any atom is 0.285 e. The van der Waals surface area contributed by atoms with Gasteiger partial charge in [-0.1, -0.05) is 13.8 Å². The molecule has 0 atom stereocenters. The normalized spacial score (nSPS) is 10.7. The van der Waals surface area contributed by atoms with Crippen LogP contribution < -0.4 is 16.6 Å². The fraction of sp³-hybridized carbons (Fsp3) is 0.538. The second-order valence-corrected chi connectivity index (χ2v) is 4.85. The van der Waals surface area contributed by atoms with Gasteiger partial charge in [0.1, 0.15) is 6.54 Å². The van der Waals surface area contributed by atoms with Crippen LogP contribution in [-0.2, 0) is 11.3 Å². The van der Waals surface area contributed by atoms with E-state index in [2.05, 4.69) is 5.32 Å². The molecule has 1 aromatic rings. The minimum absolute atomic E-state index is 0. The van der Waals surface area contributed by atoms with Crippen molar-refractivity contribution >= 4 is 24.0 Å². The summed E-state index contributed by atoms with van der Waals surface area (Å²) in [6, 6.07) is 2.18. The Balaban J connectivity index is 0.00000441. The predicted octanol–water partition coefficient (Wildman–Crippen LogP) is 0.812. The molecule has 1 heterocycles. The van der Waals surface area contributed by atoms with E-state index in [9.17, 15) is 19.7 Å². The zero-order valence-corrected chi connectivity index (χ0v) is 13.4. The van der Waals surface area contributed by atoms with E-state index in [0.29, 0.717) is 12.8 Å². The SMILES string of the molecule is CCC(CC)(CN)NC(=O)Cn1cc([N+](=O)[O-])ccc1=O.Cl. The predicted molar refractivity (Wildman–Crippen MR) is 85.1 cm³/mol. The Hall–Kier alpha value is -1.93. The van der Waals surface area contributed by atoms with E-state index in [4.69, 9.17) is 5.73 Å². The van der Waals surface area contributed by atoms with E-state index < -0.39 is 21.9 Å². The smallest absolute Gasteiger partial charge is 0.285 e. The summed E-state index contributed by atoms with van der Waals surface area (Å²) >= 11 is 0. The average Bonchev–Trinajstić information content (AvgIpc) is 2.47. The highest BCUT2D eigenvalue weighted by molar-refractivity contribution is 5.85. The summed E-state index contributed by atoms with van der Waals surface area (Å²) < 4.78 is 1.01. The molecule has 22 heavy (non-hydrogen) atoms. The molecule has 9 heteroatoms. The van der Waals surface area contributed by atoms with Crippen LogP contribution in [-0.4, -0.2) is 27.5 Å². The number of hydrogen-bond donors (Lipinski definition) is 2. The van der Waals surface area contributed by atoms with Crippen molar-refractivity contribution in [3.8, 4) is 0 Å². The molecule has 8 nitrogen and oxygen atoms in total. The average molecular weight is 333 g/mol. The number of nitrogens with one attached hydrogen (secondary N) is 1.